The topological polar surface area (TPSA) is 34.2 Å². The largest absolute Gasteiger partial charge is 0.385 e. The molecule has 2 rings (SSSR count). The Balaban J connectivity index is 2.34. The summed E-state index contributed by atoms with van der Waals surface area (Å²) >= 11 is 0. The SMILES string of the molecule is CNC(c1cc(C)c2ccccc2n1)C(C)CCOC. The third-order valence-corrected chi connectivity index (χ3v) is 3.92. The third-order valence-electron chi connectivity index (χ3n) is 3.92. The molecular weight excluding hydrogens is 248 g/mol. The van der Waals surface area contributed by atoms with Gasteiger partial charge in [0.25, 0.3) is 0 Å². The molecule has 0 aliphatic carbocycles. The van der Waals surface area contributed by atoms with E-state index in [-0.39, 0.29) is 6.04 Å². The van der Waals surface area contributed by atoms with E-state index in [1.165, 1.54) is 10.9 Å². The lowest BCUT2D eigenvalue weighted by Gasteiger charge is -2.23. The van der Waals surface area contributed by atoms with Crippen LogP contribution in [-0.2, 0) is 4.74 Å². The average Bonchev–Trinajstić information content (AvgIpc) is 2.46. The van der Waals surface area contributed by atoms with Crippen molar-refractivity contribution in [2.75, 3.05) is 20.8 Å². The van der Waals surface area contributed by atoms with E-state index in [2.05, 4.69) is 43.4 Å². The van der Waals surface area contributed by atoms with Gasteiger partial charge in [-0.1, -0.05) is 25.1 Å². The molecule has 0 saturated heterocycles. The summed E-state index contributed by atoms with van der Waals surface area (Å²) in [6.07, 6.45) is 1.02. The molecule has 20 heavy (non-hydrogen) atoms. The molecule has 1 aromatic heterocycles. The number of hydrogen-bond acceptors (Lipinski definition) is 3. The van der Waals surface area contributed by atoms with Crippen molar-refractivity contribution in [3.63, 3.8) is 0 Å². The summed E-state index contributed by atoms with van der Waals surface area (Å²) < 4.78 is 5.19. The Bertz CT molecular complexity index is 568. The maximum atomic E-state index is 5.19. The molecule has 0 amide bonds. The minimum atomic E-state index is 0.258. The molecule has 0 bridgehead atoms. The Labute approximate surface area is 121 Å². The van der Waals surface area contributed by atoms with Crippen LogP contribution in [0.15, 0.2) is 30.3 Å². The lowest BCUT2D eigenvalue weighted by atomic mass is 9.94. The van der Waals surface area contributed by atoms with Crippen LogP contribution in [0.2, 0.25) is 0 Å². The Kier molecular flexibility index (Phi) is 5.10. The van der Waals surface area contributed by atoms with Gasteiger partial charge in [-0.25, -0.2) is 0 Å². The van der Waals surface area contributed by atoms with Crippen molar-refractivity contribution in [3.8, 4) is 0 Å². The van der Waals surface area contributed by atoms with Gasteiger partial charge in [-0.3, -0.25) is 4.98 Å². The summed E-state index contributed by atoms with van der Waals surface area (Å²) in [5.41, 5.74) is 3.47. The first-order valence-corrected chi connectivity index (χ1v) is 7.20. The van der Waals surface area contributed by atoms with Crippen LogP contribution in [0.1, 0.15) is 30.6 Å². The van der Waals surface area contributed by atoms with Crippen LogP contribution in [0.4, 0.5) is 0 Å². The molecule has 0 fully saturated rings. The Morgan fingerprint density at radius 1 is 1.30 bits per heavy atom. The Morgan fingerprint density at radius 3 is 2.75 bits per heavy atom. The van der Waals surface area contributed by atoms with Crippen LogP contribution in [0, 0.1) is 12.8 Å². The highest BCUT2D eigenvalue weighted by Crippen LogP contribution is 2.26. The number of nitrogens with zero attached hydrogens (tertiary/aromatic N) is 1. The second-order valence-electron chi connectivity index (χ2n) is 5.41. The number of pyridine rings is 1. The number of aryl methyl sites for hydroxylation is 1. The highest BCUT2D eigenvalue weighted by Gasteiger charge is 2.19. The molecule has 2 unspecified atom stereocenters. The molecule has 1 heterocycles. The number of rotatable bonds is 6. The van der Waals surface area contributed by atoms with Crippen molar-refractivity contribution in [2.45, 2.75) is 26.3 Å². The summed E-state index contributed by atoms with van der Waals surface area (Å²) in [7, 11) is 3.75. The second kappa shape index (κ2) is 6.82. The van der Waals surface area contributed by atoms with Crippen molar-refractivity contribution in [1.82, 2.24) is 10.3 Å². The lowest BCUT2D eigenvalue weighted by Crippen LogP contribution is -2.25. The normalized spacial score (nSPS) is 14.4. The zero-order valence-corrected chi connectivity index (χ0v) is 12.8. The van der Waals surface area contributed by atoms with Crippen molar-refractivity contribution in [3.05, 3.63) is 41.6 Å². The van der Waals surface area contributed by atoms with Crippen molar-refractivity contribution in [2.24, 2.45) is 5.92 Å². The molecular formula is C17H24N2O. The minimum absolute atomic E-state index is 0.258. The standard InChI is InChI=1S/C17H24N2O/c1-12(9-10-20-4)17(18-3)16-11-13(2)14-7-5-6-8-15(14)19-16/h5-8,11-12,17-18H,9-10H2,1-4H3. The Hall–Kier alpha value is -1.45. The van der Waals surface area contributed by atoms with E-state index in [9.17, 15) is 0 Å². The first-order valence-electron chi connectivity index (χ1n) is 7.20. The van der Waals surface area contributed by atoms with Gasteiger partial charge in [0.1, 0.15) is 0 Å². The predicted octanol–water partition coefficient (Wildman–Crippen LogP) is 3.48. The number of fused-ring (bicyclic) bond motifs is 1. The maximum absolute atomic E-state index is 5.19. The van der Waals surface area contributed by atoms with Gasteiger partial charge in [0.05, 0.1) is 17.3 Å². The summed E-state index contributed by atoms with van der Waals surface area (Å²) in [6, 6.07) is 10.8. The highest BCUT2D eigenvalue weighted by atomic mass is 16.5. The summed E-state index contributed by atoms with van der Waals surface area (Å²) in [5.74, 6) is 0.480. The Morgan fingerprint density at radius 2 is 2.05 bits per heavy atom. The molecule has 2 atom stereocenters. The van der Waals surface area contributed by atoms with Crippen LogP contribution < -0.4 is 5.32 Å². The molecule has 3 heteroatoms. The number of ether oxygens (including phenoxy) is 1. The molecule has 1 aromatic carbocycles. The zero-order valence-electron chi connectivity index (χ0n) is 12.8. The summed E-state index contributed by atoms with van der Waals surface area (Å²) in [6.45, 7) is 5.18. The van der Waals surface area contributed by atoms with Crippen molar-refractivity contribution in [1.29, 1.82) is 0 Å². The molecule has 0 radical (unpaired) electrons. The smallest absolute Gasteiger partial charge is 0.0708 e. The van der Waals surface area contributed by atoms with Crippen LogP contribution in [-0.4, -0.2) is 25.7 Å². The zero-order chi connectivity index (χ0) is 14.5. The van der Waals surface area contributed by atoms with Gasteiger partial charge in [0.2, 0.25) is 0 Å². The summed E-state index contributed by atoms with van der Waals surface area (Å²) in [4.78, 5) is 4.83. The van der Waals surface area contributed by atoms with Crippen molar-refractivity contribution >= 4 is 10.9 Å². The van der Waals surface area contributed by atoms with Gasteiger partial charge >= 0.3 is 0 Å². The minimum Gasteiger partial charge on any atom is -0.385 e. The summed E-state index contributed by atoms with van der Waals surface area (Å²) in [5, 5.41) is 4.63. The van der Waals surface area contributed by atoms with Crippen molar-refractivity contribution < 1.29 is 4.74 Å². The fourth-order valence-corrected chi connectivity index (χ4v) is 2.73. The van der Waals surface area contributed by atoms with Gasteiger partial charge in [-0.2, -0.15) is 0 Å². The van der Waals surface area contributed by atoms with Gasteiger partial charge in [0.15, 0.2) is 0 Å². The van der Waals surface area contributed by atoms with E-state index in [1.54, 1.807) is 7.11 Å². The van der Waals surface area contributed by atoms with Gasteiger partial charge in [-0.05, 0) is 44.0 Å². The first kappa shape index (κ1) is 14.9. The first-order chi connectivity index (χ1) is 9.67. The van der Waals surface area contributed by atoms with Crippen LogP contribution in [0.5, 0.6) is 0 Å². The lowest BCUT2D eigenvalue weighted by molar-refractivity contribution is 0.171. The predicted molar refractivity (Wildman–Crippen MR) is 83.9 cm³/mol. The number of aromatic nitrogens is 1. The maximum Gasteiger partial charge on any atom is 0.0708 e. The van der Waals surface area contributed by atoms with E-state index in [0.717, 1.165) is 24.2 Å². The third kappa shape index (κ3) is 3.17. The van der Waals surface area contributed by atoms with Crippen LogP contribution in [0.3, 0.4) is 0 Å². The number of para-hydroxylation sites is 1. The van der Waals surface area contributed by atoms with E-state index in [1.807, 2.05) is 13.1 Å². The van der Waals surface area contributed by atoms with Gasteiger partial charge in [0, 0.05) is 19.1 Å². The molecule has 0 saturated carbocycles. The monoisotopic (exact) mass is 272 g/mol. The average molecular weight is 272 g/mol. The molecule has 1 N–H and O–H groups in total. The van der Waals surface area contributed by atoms with Crippen LogP contribution in [0.25, 0.3) is 10.9 Å². The second-order valence-corrected chi connectivity index (χ2v) is 5.41. The number of benzene rings is 1. The van der Waals surface area contributed by atoms with Gasteiger partial charge in [-0.15, -0.1) is 0 Å². The van der Waals surface area contributed by atoms with E-state index >= 15 is 0 Å². The molecule has 0 aliphatic rings. The molecule has 2 aromatic rings. The molecule has 108 valence electrons. The molecule has 0 aliphatic heterocycles. The van der Waals surface area contributed by atoms with Gasteiger partial charge < -0.3 is 10.1 Å². The number of hydrogen-bond donors (Lipinski definition) is 1. The fourth-order valence-electron chi connectivity index (χ4n) is 2.73. The van der Waals surface area contributed by atoms with Crippen LogP contribution >= 0.6 is 0 Å². The number of methoxy groups -OCH3 is 1. The molecule has 3 nitrogen and oxygen atoms in total. The van der Waals surface area contributed by atoms with E-state index in [0.29, 0.717) is 5.92 Å². The fraction of sp³-hybridized carbons (Fsp3) is 0.471. The van der Waals surface area contributed by atoms with E-state index < -0.39 is 0 Å². The highest BCUT2D eigenvalue weighted by molar-refractivity contribution is 5.82. The quantitative estimate of drug-likeness (QED) is 0.874. The van der Waals surface area contributed by atoms with E-state index in [4.69, 9.17) is 9.72 Å². The molecule has 0 spiro atoms. The number of nitrogens with one attached hydrogen (secondary N) is 1.